The maximum Gasteiger partial charge on any atom is 0.228 e. The van der Waals surface area contributed by atoms with Crippen molar-refractivity contribution in [3.05, 3.63) is 29.3 Å². The molecule has 1 atom stereocenters. The van der Waals surface area contributed by atoms with Gasteiger partial charge in [-0.05, 0) is 49.9 Å². The number of sulfonamides is 1. The third-order valence-electron chi connectivity index (χ3n) is 3.71. The molecule has 1 aliphatic heterocycles. The Morgan fingerprint density at radius 3 is 2.43 bits per heavy atom. The number of hydrogen-bond donors (Lipinski definition) is 1. The van der Waals surface area contributed by atoms with Crippen molar-refractivity contribution >= 4 is 21.6 Å². The van der Waals surface area contributed by atoms with Gasteiger partial charge in [-0.2, -0.15) is 0 Å². The highest BCUT2D eigenvalue weighted by Crippen LogP contribution is 2.21. The highest BCUT2D eigenvalue weighted by atomic mass is 32.2. The fourth-order valence-corrected chi connectivity index (χ4v) is 3.66. The molecular weight excluding hydrogens is 288 g/mol. The van der Waals surface area contributed by atoms with Gasteiger partial charge in [0.05, 0.1) is 12.2 Å². The van der Waals surface area contributed by atoms with Gasteiger partial charge in [0.2, 0.25) is 15.9 Å². The van der Waals surface area contributed by atoms with Gasteiger partial charge in [0.25, 0.3) is 0 Å². The molecule has 0 bridgehead atoms. The van der Waals surface area contributed by atoms with Crippen molar-refractivity contribution in [2.45, 2.75) is 26.7 Å². The van der Waals surface area contributed by atoms with Crippen molar-refractivity contribution in [1.29, 1.82) is 0 Å². The summed E-state index contributed by atoms with van der Waals surface area (Å²) < 4.78 is 24.6. The molecule has 0 spiro atoms. The molecule has 0 radical (unpaired) electrons. The average molecular weight is 310 g/mol. The Morgan fingerprint density at radius 2 is 1.86 bits per heavy atom. The van der Waals surface area contributed by atoms with Crippen LogP contribution in [0.5, 0.6) is 0 Å². The van der Waals surface area contributed by atoms with E-state index in [1.54, 1.807) is 0 Å². The summed E-state index contributed by atoms with van der Waals surface area (Å²) in [6, 6.07) is 5.88. The molecule has 6 heteroatoms. The lowest BCUT2D eigenvalue weighted by Gasteiger charge is -2.30. The Bertz CT molecular complexity index is 620. The fraction of sp³-hybridized carbons (Fsp3) is 0.533. The SMILES string of the molecule is Cc1cc(C)cc(NC(=O)[C@H]2CCCN(S(C)(=O)=O)C2)c1. The van der Waals surface area contributed by atoms with Crippen LogP contribution in [-0.4, -0.2) is 38.0 Å². The van der Waals surface area contributed by atoms with Gasteiger partial charge in [0.15, 0.2) is 0 Å². The molecule has 0 aliphatic carbocycles. The lowest BCUT2D eigenvalue weighted by Crippen LogP contribution is -2.43. The number of anilines is 1. The Labute approximate surface area is 126 Å². The van der Waals surface area contributed by atoms with Gasteiger partial charge >= 0.3 is 0 Å². The van der Waals surface area contributed by atoms with E-state index in [9.17, 15) is 13.2 Å². The maximum atomic E-state index is 12.3. The molecule has 116 valence electrons. The largest absolute Gasteiger partial charge is 0.326 e. The van der Waals surface area contributed by atoms with Gasteiger partial charge in [-0.3, -0.25) is 4.79 Å². The van der Waals surface area contributed by atoms with Crippen LogP contribution in [0.2, 0.25) is 0 Å². The van der Waals surface area contributed by atoms with E-state index in [1.807, 2.05) is 32.0 Å². The summed E-state index contributed by atoms with van der Waals surface area (Å²) in [6.45, 7) is 4.74. The molecule has 1 heterocycles. The van der Waals surface area contributed by atoms with E-state index in [2.05, 4.69) is 5.32 Å². The number of aryl methyl sites for hydroxylation is 2. The lowest BCUT2D eigenvalue weighted by atomic mass is 9.98. The van der Waals surface area contributed by atoms with E-state index in [4.69, 9.17) is 0 Å². The summed E-state index contributed by atoms with van der Waals surface area (Å²) in [6.07, 6.45) is 2.64. The summed E-state index contributed by atoms with van der Waals surface area (Å²) in [7, 11) is -3.23. The first-order valence-electron chi connectivity index (χ1n) is 7.10. The number of nitrogens with zero attached hydrogens (tertiary/aromatic N) is 1. The zero-order valence-corrected chi connectivity index (χ0v) is 13.5. The molecule has 1 fully saturated rings. The van der Waals surface area contributed by atoms with E-state index in [-0.39, 0.29) is 18.4 Å². The van der Waals surface area contributed by atoms with E-state index in [0.717, 1.165) is 29.7 Å². The second-order valence-electron chi connectivity index (χ2n) is 5.83. The second kappa shape index (κ2) is 6.15. The summed E-state index contributed by atoms with van der Waals surface area (Å²) in [4.78, 5) is 12.3. The zero-order chi connectivity index (χ0) is 15.6. The molecule has 1 N–H and O–H groups in total. The monoisotopic (exact) mass is 310 g/mol. The van der Waals surface area contributed by atoms with Crippen molar-refractivity contribution in [1.82, 2.24) is 4.31 Å². The molecule has 0 aromatic heterocycles. The predicted molar refractivity (Wildman–Crippen MR) is 83.7 cm³/mol. The molecule has 2 rings (SSSR count). The smallest absolute Gasteiger partial charge is 0.228 e. The normalized spacial score (nSPS) is 20.2. The van der Waals surface area contributed by atoms with E-state index in [0.29, 0.717) is 6.54 Å². The van der Waals surface area contributed by atoms with E-state index < -0.39 is 10.0 Å². The first-order chi connectivity index (χ1) is 9.75. The Kier molecular flexibility index (Phi) is 4.68. The Balaban J connectivity index is 2.06. The molecule has 1 aromatic rings. The van der Waals surface area contributed by atoms with Crippen LogP contribution >= 0.6 is 0 Å². The van der Waals surface area contributed by atoms with Crippen molar-refractivity contribution < 1.29 is 13.2 Å². The molecule has 5 nitrogen and oxygen atoms in total. The molecule has 1 amide bonds. The van der Waals surface area contributed by atoms with E-state index >= 15 is 0 Å². The highest BCUT2D eigenvalue weighted by Gasteiger charge is 2.30. The summed E-state index contributed by atoms with van der Waals surface area (Å²) in [5.74, 6) is -0.386. The average Bonchev–Trinajstić information content (AvgIpc) is 2.36. The number of hydrogen-bond acceptors (Lipinski definition) is 3. The van der Waals surface area contributed by atoms with Gasteiger partial charge in [0.1, 0.15) is 0 Å². The molecule has 0 saturated carbocycles. The fourth-order valence-electron chi connectivity index (χ4n) is 2.75. The number of rotatable bonds is 3. The zero-order valence-electron chi connectivity index (χ0n) is 12.7. The second-order valence-corrected chi connectivity index (χ2v) is 7.81. The number of amides is 1. The number of carbonyl (C=O) groups is 1. The minimum atomic E-state index is -3.23. The van der Waals surface area contributed by atoms with Crippen LogP contribution in [0.4, 0.5) is 5.69 Å². The van der Waals surface area contributed by atoms with Crippen LogP contribution in [0.15, 0.2) is 18.2 Å². The van der Waals surface area contributed by atoms with Crippen LogP contribution in [0.25, 0.3) is 0 Å². The van der Waals surface area contributed by atoms with Gasteiger partial charge in [-0.1, -0.05) is 6.07 Å². The first-order valence-corrected chi connectivity index (χ1v) is 8.95. The van der Waals surface area contributed by atoms with Crippen LogP contribution in [0.3, 0.4) is 0 Å². The summed E-state index contributed by atoms with van der Waals surface area (Å²) >= 11 is 0. The molecule has 1 aliphatic rings. The third kappa shape index (κ3) is 4.28. The van der Waals surface area contributed by atoms with Gasteiger partial charge in [-0.15, -0.1) is 0 Å². The molecular formula is C15H22N2O3S. The van der Waals surface area contributed by atoms with Crippen molar-refractivity contribution in [2.75, 3.05) is 24.7 Å². The van der Waals surface area contributed by atoms with Crippen LogP contribution < -0.4 is 5.32 Å². The minimum Gasteiger partial charge on any atom is -0.326 e. The Morgan fingerprint density at radius 1 is 1.24 bits per heavy atom. The maximum absolute atomic E-state index is 12.3. The summed E-state index contributed by atoms with van der Waals surface area (Å²) in [5, 5.41) is 2.90. The van der Waals surface area contributed by atoms with E-state index in [1.165, 1.54) is 10.6 Å². The first kappa shape index (κ1) is 16.0. The van der Waals surface area contributed by atoms with Crippen molar-refractivity contribution in [3.63, 3.8) is 0 Å². The predicted octanol–water partition coefficient (Wildman–Crippen LogP) is 1.91. The van der Waals surface area contributed by atoms with Gasteiger partial charge < -0.3 is 5.32 Å². The Hall–Kier alpha value is -1.40. The van der Waals surface area contributed by atoms with Crippen molar-refractivity contribution in [3.8, 4) is 0 Å². The number of benzene rings is 1. The number of nitrogens with one attached hydrogen (secondary N) is 1. The molecule has 1 saturated heterocycles. The van der Waals surface area contributed by atoms with Crippen LogP contribution in [0.1, 0.15) is 24.0 Å². The minimum absolute atomic E-state index is 0.103. The van der Waals surface area contributed by atoms with Gasteiger partial charge in [0, 0.05) is 18.8 Å². The standard InChI is InChI=1S/C15H22N2O3S/c1-11-7-12(2)9-14(8-11)16-15(18)13-5-4-6-17(10-13)21(3,19)20/h7-9,13H,4-6,10H2,1-3H3,(H,16,18)/t13-/m0/s1. The number of carbonyl (C=O) groups excluding carboxylic acids is 1. The molecule has 0 unspecified atom stereocenters. The molecule has 1 aromatic carbocycles. The quantitative estimate of drug-likeness (QED) is 0.927. The topological polar surface area (TPSA) is 66.5 Å². The van der Waals surface area contributed by atoms with Crippen molar-refractivity contribution in [2.24, 2.45) is 5.92 Å². The summed E-state index contributed by atoms with van der Waals surface area (Å²) in [5.41, 5.74) is 2.95. The van der Waals surface area contributed by atoms with Crippen LogP contribution in [-0.2, 0) is 14.8 Å². The highest BCUT2D eigenvalue weighted by molar-refractivity contribution is 7.88. The third-order valence-corrected chi connectivity index (χ3v) is 4.98. The molecule has 21 heavy (non-hydrogen) atoms. The van der Waals surface area contributed by atoms with Crippen LogP contribution in [0, 0.1) is 19.8 Å². The number of piperidine rings is 1. The van der Waals surface area contributed by atoms with Gasteiger partial charge in [-0.25, -0.2) is 12.7 Å². The lowest BCUT2D eigenvalue weighted by molar-refractivity contribution is -0.120.